The molecule has 0 amide bonds. The monoisotopic (exact) mass is 410 g/mol. The Hall–Kier alpha value is 2.95. The van der Waals surface area contributed by atoms with Crippen molar-refractivity contribution in [3.8, 4) is 0 Å². The van der Waals surface area contributed by atoms with Crippen LogP contribution in [-0.2, 0) is 0 Å². The number of hydrogen-bond donors (Lipinski definition) is 4. The molecule has 0 fully saturated rings. The summed E-state index contributed by atoms with van der Waals surface area (Å²) in [6, 6.07) is 0. The summed E-state index contributed by atoms with van der Waals surface area (Å²) in [6.45, 7) is 0. The number of hydrogen-bond acceptors (Lipinski definition) is 4. The second kappa shape index (κ2) is 7.06. The van der Waals surface area contributed by atoms with Crippen LogP contribution < -0.4 is 0 Å². The van der Waals surface area contributed by atoms with Crippen LogP contribution in [0, 0.1) is 88.7 Å². The molecular weight excluding hydrogens is 405 g/mol. The van der Waals surface area contributed by atoms with Crippen molar-refractivity contribution < 1.29 is 108 Å². The van der Waals surface area contributed by atoms with E-state index >= 15 is 0 Å². The van der Waals surface area contributed by atoms with Gasteiger partial charge in [-0.2, -0.15) is 0 Å². The van der Waals surface area contributed by atoms with Gasteiger partial charge in [0.15, 0.2) is 0 Å². The van der Waals surface area contributed by atoms with E-state index in [0.717, 1.165) is 0 Å². The van der Waals surface area contributed by atoms with Crippen molar-refractivity contribution in [3.63, 3.8) is 0 Å². The van der Waals surface area contributed by atoms with Crippen LogP contribution in [0.15, 0.2) is 0 Å². The Bertz CT molecular complexity index is 27.2. The van der Waals surface area contributed by atoms with Gasteiger partial charge in [-0.05, 0) is 0 Å². The summed E-state index contributed by atoms with van der Waals surface area (Å²) in [5.41, 5.74) is 0. The summed E-state index contributed by atoms with van der Waals surface area (Å²) >= 11 is 0. The van der Waals surface area contributed by atoms with Crippen LogP contribution in [0.2, 0.25) is 0 Å². The minimum absolute atomic E-state index is 0. The topological polar surface area (TPSA) is 80.9 Å². The van der Waals surface area contributed by atoms with Crippen molar-refractivity contribution in [3.05, 3.63) is 0 Å². The van der Waals surface area contributed by atoms with Crippen LogP contribution in [0.4, 0.5) is 0 Å². The van der Waals surface area contributed by atoms with Gasteiger partial charge in [-0.3, -0.25) is 0 Å². The molecule has 0 aromatic carbocycles. The van der Waals surface area contributed by atoms with Crippen LogP contribution in [0.3, 0.4) is 0 Å². The quantitative estimate of drug-likeness (QED) is 0.331. The fourth-order valence-electron chi connectivity index (χ4n) is 0. The van der Waals surface area contributed by atoms with Crippen molar-refractivity contribution in [2.75, 3.05) is 0 Å². The van der Waals surface area contributed by atoms with E-state index in [-0.39, 0.29) is 88.7 Å². The molecule has 7 heavy (non-hydrogen) atoms. The van der Waals surface area contributed by atoms with Crippen molar-refractivity contribution >= 4 is 9.05 Å². The standard InChI is InChI=1S/Ce.H4O4Si.Yb/c;1-5(2,3)4;/h;1-4H;. The Balaban J connectivity index is -0.0000000800. The van der Waals surface area contributed by atoms with Gasteiger partial charge in [-0.1, -0.05) is 0 Å². The van der Waals surface area contributed by atoms with E-state index in [9.17, 15) is 0 Å². The van der Waals surface area contributed by atoms with Gasteiger partial charge in [0.05, 0.1) is 0 Å². The summed E-state index contributed by atoms with van der Waals surface area (Å²) in [6.07, 6.45) is 0. The van der Waals surface area contributed by atoms with E-state index in [1.165, 1.54) is 0 Å². The first-order chi connectivity index (χ1) is 2.00. The molecule has 0 rings (SSSR count). The Labute approximate surface area is 114 Å². The number of rotatable bonds is 0. The van der Waals surface area contributed by atoms with E-state index < -0.39 is 9.05 Å². The van der Waals surface area contributed by atoms with Gasteiger partial charge in [0.25, 0.3) is 0 Å². The summed E-state index contributed by atoms with van der Waals surface area (Å²) in [5.74, 6) is 0. The second-order valence-corrected chi connectivity index (χ2v) is 1.80. The van der Waals surface area contributed by atoms with Crippen molar-refractivity contribution in [2.45, 2.75) is 0 Å². The molecule has 50 valence electrons. The van der Waals surface area contributed by atoms with E-state index in [4.69, 9.17) is 19.2 Å². The van der Waals surface area contributed by atoms with Gasteiger partial charge in [0.1, 0.15) is 0 Å². The van der Waals surface area contributed by atoms with E-state index in [2.05, 4.69) is 0 Å². The summed E-state index contributed by atoms with van der Waals surface area (Å²) in [4.78, 5) is 29.3. The zero-order valence-corrected chi connectivity index (χ0v) is 8.91. The Kier molecular flexibility index (Phi) is 16.7. The summed E-state index contributed by atoms with van der Waals surface area (Å²) < 4.78 is 0. The molecule has 4 nitrogen and oxygen atoms in total. The molecule has 0 spiro atoms. The second-order valence-electron chi connectivity index (χ2n) is 0.600. The zero-order chi connectivity index (χ0) is 4.50. The minimum atomic E-state index is -4.61. The van der Waals surface area contributed by atoms with E-state index in [1.807, 2.05) is 0 Å². The minimum Gasteiger partial charge on any atom is -0.368 e. The third kappa shape index (κ3) is 49.6. The maximum absolute atomic E-state index is 7.33. The maximum Gasteiger partial charge on any atom is 0.668 e. The molecule has 7 heteroatoms. The van der Waals surface area contributed by atoms with Gasteiger partial charge in [-0.25, -0.2) is 0 Å². The average molecular weight is 409 g/mol. The van der Waals surface area contributed by atoms with Gasteiger partial charge in [0, 0.05) is 88.7 Å². The van der Waals surface area contributed by atoms with E-state index in [0.29, 0.717) is 0 Å². The third-order valence-electron chi connectivity index (χ3n) is 0. The molecule has 0 radical (unpaired) electrons. The molecule has 0 atom stereocenters. The molecule has 0 aliphatic heterocycles. The van der Waals surface area contributed by atoms with Crippen LogP contribution in [-0.4, -0.2) is 28.2 Å². The fraction of sp³-hybridized carbons (Fsp3) is 0. The molecule has 0 saturated heterocycles. The first-order valence-corrected chi connectivity index (χ1v) is 2.68. The summed E-state index contributed by atoms with van der Waals surface area (Å²) in [7, 11) is -4.61. The van der Waals surface area contributed by atoms with Crippen molar-refractivity contribution in [1.82, 2.24) is 0 Å². The smallest absolute Gasteiger partial charge is 0.368 e. The Morgan fingerprint density at radius 2 is 0.857 bits per heavy atom. The summed E-state index contributed by atoms with van der Waals surface area (Å²) in [5, 5.41) is 0. The third-order valence-corrected chi connectivity index (χ3v) is 0. The van der Waals surface area contributed by atoms with Gasteiger partial charge < -0.3 is 19.2 Å². The van der Waals surface area contributed by atoms with E-state index in [1.54, 1.807) is 0 Å². The van der Waals surface area contributed by atoms with Gasteiger partial charge in [-0.15, -0.1) is 0 Å². The first kappa shape index (κ1) is 16.5. The fourth-order valence-corrected chi connectivity index (χ4v) is 0. The molecule has 4 N–H and O–H groups in total. The average Bonchev–Trinajstić information content (AvgIpc) is 0.722. The van der Waals surface area contributed by atoms with Crippen LogP contribution in [0.25, 0.3) is 0 Å². The van der Waals surface area contributed by atoms with Crippen LogP contribution in [0.1, 0.15) is 0 Å². The molecule has 0 unspecified atom stereocenters. The Morgan fingerprint density at radius 3 is 0.857 bits per heavy atom. The molecule has 0 bridgehead atoms. The molecule has 0 aromatic heterocycles. The predicted octanol–water partition coefficient (Wildman–Crippen LogP) is -2.61. The van der Waals surface area contributed by atoms with Crippen molar-refractivity contribution in [2.24, 2.45) is 0 Å². The van der Waals surface area contributed by atoms with Crippen molar-refractivity contribution in [1.29, 1.82) is 0 Å². The first-order valence-electron chi connectivity index (χ1n) is 0.894. The van der Waals surface area contributed by atoms with Gasteiger partial charge >= 0.3 is 9.05 Å². The largest absolute Gasteiger partial charge is 0.668 e. The maximum atomic E-state index is 7.33. The molecule has 0 saturated carbocycles. The normalized spacial score (nSPS) is 8.57. The molecule has 0 aliphatic carbocycles. The molecule has 0 heterocycles. The SMILES string of the molecule is O[Si](O)(O)O.[Ce].[Yb]. The Morgan fingerprint density at radius 1 is 0.857 bits per heavy atom. The molecule has 0 aliphatic rings. The zero-order valence-electron chi connectivity index (χ0n) is 3.06. The van der Waals surface area contributed by atoms with Crippen LogP contribution in [0.5, 0.6) is 0 Å². The molecular formula is H4CeO4SiYb. The van der Waals surface area contributed by atoms with Crippen LogP contribution >= 0.6 is 0 Å². The molecule has 0 aromatic rings. The predicted molar refractivity (Wildman–Crippen MR) is 14.6 cm³/mol. The van der Waals surface area contributed by atoms with Gasteiger partial charge in [0.2, 0.25) is 0 Å².